The van der Waals surface area contributed by atoms with Crippen molar-refractivity contribution in [1.82, 2.24) is 10.3 Å². The minimum Gasteiger partial charge on any atom is -0.478 e. The van der Waals surface area contributed by atoms with Gasteiger partial charge < -0.3 is 10.4 Å². The summed E-state index contributed by atoms with van der Waals surface area (Å²) in [6.45, 7) is 5.61. The summed E-state index contributed by atoms with van der Waals surface area (Å²) in [5.74, 6) is -0.942. The van der Waals surface area contributed by atoms with Crippen molar-refractivity contribution in [3.63, 3.8) is 0 Å². The number of aromatic carboxylic acids is 1. The highest BCUT2D eigenvalue weighted by Crippen LogP contribution is 2.34. The quantitative estimate of drug-likeness (QED) is 0.889. The van der Waals surface area contributed by atoms with Gasteiger partial charge in [0.15, 0.2) is 5.84 Å². The molecule has 0 spiro atoms. The smallest absolute Gasteiger partial charge is 0.340 e. The molecule has 1 atom stereocenters. The van der Waals surface area contributed by atoms with Crippen molar-refractivity contribution in [2.75, 3.05) is 0 Å². The number of carbonyl (C=O) groups excluding carboxylic acids is 1. The van der Waals surface area contributed by atoms with Gasteiger partial charge in [0.25, 0.3) is 5.91 Å². The van der Waals surface area contributed by atoms with Crippen LogP contribution in [0.25, 0.3) is 10.2 Å². The summed E-state index contributed by atoms with van der Waals surface area (Å²) in [5, 5.41) is 12.0. The Kier molecular flexibility index (Phi) is 3.65. The number of thiophene rings is 1. The molecule has 2 N–H and O–H groups in total. The number of halogens is 1. The molecule has 3 heterocycles. The lowest BCUT2D eigenvalue weighted by atomic mass is 9.89. The van der Waals surface area contributed by atoms with Gasteiger partial charge in [0.1, 0.15) is 21.1 Å². The molecule has 2 aromatic heterocycles. The molecular weight excluding hydrogens is 338 g/mol. The molecular formula is C15H14ClN3O3S. The molecule has 0 aromatic carbocycles. The molecule has 3 rings (SSSR count). The Balaban J connectivity index is 2.13. The molecule has 0 saturated heterocycles. The minimum absolute atomic E-state index is 0.0221. The van der Waals surface area contributed by atoms with Gasteiger partial charge in [-0.15, -0.1) is 11.3 Å². The summed E-state index contributed by atoms with van der Waals surface area (Å²) >= 11 is 7.14. The number of hydrogen-bond donors (Lipinski definition) is 2. The zero-order valence-corrected chi connectivity index (χ0v) is 14.2. The van der Waals surface area contributed by atoms with Gasteiger partial charge in [-0.05, 0) is 25.0 Å². The number of rotatable bonds is 3. The van der Waals surface area contributed by atoms with E-state index in [0.717, 1.165) is 11.3 Å². The number of carboxylic acids is 1. The number of nitrogens with zero attached hydrogens (tertiary/aromatic N) is 2. The first-order chi connectivity index (χ1) is 10.7. The molecule has 2 aromatic rings. The van der Waals surface area contributed by atoms with E-state index in [-0.39, 0.29) is 21.7 Å². The van der Waals surface area contributed by atoms with Gasteiger partial charge in [-0.2, -0.15) is 0 Å². The van der Waals surface area contributed by atoms with Crippen LogP contribution in [0.15, 0.2) is 17.1 Å². The Labute approximate surface area is 141 Å². The lowest BCUT2D eigenvalue weighted by Crippen LogP contribution is -2.41. The van der Waals surface area contributed by atoms with Gasteiger partial charge >= 0.3 is 5.97 Å². The summed E-state index contributed by atoms with van der Waals surface area (Å²) in [6, 6.07) is 3.44. The number of aromatic nitrogens is 1. The van der Waals surface area contributed by atoms with Crippen LogP contribution in [0.4, 0.5) is 0 Å². The number of aliphatic imine (C=N–C) groups is 1. The summed E-state index contributed by atoms with van der Waals surface area (Å²) in [6.07, 6.45) is 0. The second-order valence-corrected chi connectivity index (χ2v) is 7.47. The van der Waals surface area contributed by atoms with Crippen LogP contribution in [0.5, 0.6) is 0 Å². The highest BCUT2D eigenvalue weighted by Gasteiger charge is 2.42. The average molecular weight is 352 g/mol. The van der Waals surface area contributed by atoms with Crippen molar-refractivity contribution in [3.05, 3.63) is 27.7 Å². The lowest BCUT2D eigenvalue weighted by Gasteiger charge is -2.21. The average Bonchev–Trinajstić information content (AvgIpc) is 2.95. The highest BCUT2D eigenvalue weighted by atomic mass is 35.5. The molecule has 0 bridgehead atoms. The first-order valence-corrected chi connectivity index (χ1v) is 8.17. The van der Waals surface area contributed by atoms with Crippen LogP contribution in [0, 0.1) is 5.92 Å². The van der Waals surface area contributed by atoms with E-state index in [2.05, 4.69) is 15.3 Å². The minimum atomic E-state index is -1.13. The van der Waals surface area contributed by atoms with E-state index in [4.69, 9.17) is 11.6 Å². The Morgan fingerprint density at radius 2 is 2.13 bits per heavy atom. The Morgan fingerprint density at radius 1 is 1.43 bits per heavy atom. The highest BCUT2D eigenvalue weighted by molar-refractivity contribution is 7.23. The summed E-state index contributed by atoms with van der Waals surface area (Å²) in [7, 11) is 0. The molecule has 120 valence electrons. The zero-order chi connectivity index (χ0) is 16.9. The molecule has 0 saturated carbocycles. The van der Waals surface area contributed by atoms with E-state index in [1.807, 2.05) is 13.8 Å². The number of carbonyl (C=O) groups is 2. The monoisotopic (exact) mass is 351 g/mol. The van der Waals surface area contributed by atoms with Crippen LogP contribution in [-0.2, 0) is 4.79 Å². The van der Waals surface area contributed by atoms with Crippen molar-refractivity contribution in [2.24, 2.45) is 10.9 Å². The summed E-state index contributed by atoms with van der Waals surface area (Å²) in [4.78, 5) is 32.4. The fourth-order valence-electron chi connectivity index (χ4n) is 2.32. The molecule has 1 unspecified atom stereocenters. The van der Waals surface area contributed by atoms with E-state index in [1.165, 1.54) is 0 Å². The van der Waals surface area contributed by atoms with E-state index in [0.29, 0.717) is 21.7 Å². The maximum atomic E-state index is 12.2. The van der Waals surface area contributed by atoms with Crippen LogP contribution in [0.2, 0.25) is 4.34 Å². The van der Waals surface area contributed by atoms with Crippen LogP contribution >= 0.6 is 22.9 Å². The normalized spacial score (nSPS) is 20.9. The fraction of sp³-hybridized carbons (Fsp3) is 0.333. The Morgan fingerprint density at radius 3 is 2.70 bits per heavy atom. The van der Waals surface area contributed by atoms with E-state index < -0.39 is 11.5 Å². The number of fused-ring (bicyclic) bond motifs is 1. The van der Waals surface area contributed by atoms with Gasteiger partial charge in [0.05, 0.1) is 10.2 Å². The maximum Gasteiger partial charge on any atom is 0.340 e. The number of carboxylic acid groups (broad SMARTS) is 1. The van der Waals surface area contributed by atoms with E-state index in [1.54, 1.807) is 19.1 Å². The maximum absolute atomic E-state index is 12.2. The van der Waals surface area contributed by atoms with Crippen LogP contribution < -0.4 is 5.32 Å². The molecule has 0 fully saturated rings. The van der Waals surface area contributed by atoms with Crippen LogP contribution in [0.3, 0.4) is 0 Å². The van der Waals surface area contributed by atoms with Gasteiger partial charge in [0, 0.05) is 0 Å². The Hall–Kier alpha value is -1.99. The van der Waals surface area contributed by atoms with Crippen molar-refractivity contribution >= 4 is 50.9 Å². The van der Waals surface area contributed by atoms with Gasteiger partial charge in [-0.1, -0.05) is 25.4 Å². The van der Waals surface area contributed by atoms with Crippen molar-refractivity contribution < 1.29 is 14.7 Å². The van der Waals surface area contributed by atoms with Gasteiger partial charge in [-0.3, -0.25) is 4.79 Å². The molecule has 0 aliphatic carbocycles. The molecule has 1 aliphatic heterocycles. The third-order valence-corrected chi connectivity index (χ3v) is 5.46. The standard InChI is InChI=1S/C15H14ClN3O3S/c1-6(2)15(3)14(22)18-12(19-15)7-4-5-8-10(17-7)9(13(20)21)11(16)23-8/h4-6H,1-3H3,(H,20,21)(H,18,19,22). The van der Waals surface area contributed by atoms with E-state index >= 15 is 0 Å². The fourth-order valence-corrected chi connectivity index (χ4v) is 3.60. The molecule has 6 nitrogen and oxygen atoms in total. The first-order valence-electron chi connectivity index (χ1n) is 6.98. The van der Waals surface area contributed by atoms with Crippen molar-refractivity contribution in [1.29, 1.82) is 0 Å². The zero-order valence-electron chi connectivity index (χ0n) is 12.7. The number of nitrogens with one attached hydrogen (secondary N) is 1. The molecule has 1 aliphatic rings. The number of pyridine rings is 1. The lowest BCUT2D eigenvalue weighted by molar-refractivity contribution is -0.124. The predicted octanol–water partition coefficient (Wildman–Crippen LogP) is 2.94. The largest absolute Gasteiger partial charge is 0.478 e. The third kappa shape index (κ3) is 2.40. The first kappa shape index (κ1) is 15.9. The van der Waals surface area contributed by atoms with Crippen LogP contribution in [-0.4, -0.2) is 33.3 Å². The Bertz CT molecular complexity index is 874. The summed E-state index contributed by atoms with van der Waals surface area (Å²) in [5.41, 5.74) is -0.147. The topological polar surface area (TPSA) is 91.7 Å². The van der Waals surface area contributed by atoms with Crippen molar-refractivity contribution in [2.45, 2.75) is 26.3 Å². The number of amides is 1. The summed E-state index contributed by atoms with van der Waals surface area (Å²) < 4.78 is 0.856. The number of amidine groups is 1. The molecule has 0 radical (unpaired) electrons. The molecule has 8 heteroatoms. The van der Waals surface area contributed by atoms with Gasteiger partial charge in [0.2, 0.25) is 0 Å². The molecule has 23 heavy (non-hydrogen) atoms. The predicted molar refractivity (Wildman–Crippen MR) is 89.5 cm³/mol. The van der Waals surface area contributed by atoms with Crippen molar-refractivity contribution in [3.8, 4) is 0 Å². The SMILES string of the molecule is CC(C)C1(C)N=C(c2ccc3sc(Cl)c(C(=O)O)c3n2)NC1=O. The van der Waals surface area contributed by atoms with Crippen LogP contribution in [0.1, 0.15) is 36.8 Å². The number of hydrogen-bond acceptors (Lipinski definition) is 5. The third-order valence-electron chi connectivity index (χ3n) is 4.11. The second-order valence-electron chi connectivity index (χ2n) is 5.82. The molecule has 1 amide bonds. The second kappa shape index (κ2) is 5.28. The van der Waals surface area contributed by atoms with Gasteiger partial charge in [-0.25, -0.2) is 14.8 Å². The van der Waals surface area contributed by atoms with E-state index in [9.17, 15) is 14.7 Å².